The quantitative estimate of drug-likeness (QED) is 0.539. The third kappa shape index (κ3) is 6.98. The maximum Gasteiger partial charge on any atom is 0.0927 e. The molecule has 0 saturated heterocycles. The highest BCUT2D eigenvalue weighted by Crippen LogP contribution is 2.06. The molecule has 120 valence electrons. The number of aliphatic hydroxyl groups excluding tert-OH is 2. The van der Waals surface area contributed by atoms with Crippen LogP contribution < -0.4 is 5.32 Å². The topological polar surface area (TPSA) is 78.3 Å². The van der Waals surface area contributed by atoms with Crippen LogP contribution in [0.5, 0.6) is 0 Å². The minimum atomic E-state index is -0.775. The van der Waals surface area contributed by atoms with Gasteiger partial charge in [0.25, 0.3) is 0 Å². The molecule has 5 nitrogen and oxygen atoms in total. The van der Waals surface area contributed by atoms with Gasteiger partial charge >= 0.3 is 0 Å². The van der Waals surface area contributed by atoms with E-state index >= 15 is 0 Å². The smallest absolute Gasteiger partial charge is 0.0927 e. The fourth-order valence-corrected chi connectivity index (χ4v) is 2.13. The number of aryl methyl sites for hydroxylation is 1. The predicted octanol–water partition coefficient (Wildman–Crippen LogP) is 1.47. The highest BCUT2D eigenvalue weighted by molar-refractivity contribution is 5.05. The van der Waals surface area contributed by atoms with Crippen LogP contribution in [0.1, 0.15) is 50.9 Å². The van der Waals surface area contributed by atoms with E-state index in [9.17, 15) is 5.11 Å². The Morgan fingerprint density at radius 1 is 1.10 bits per heavy atom. The molecule has 2 atom stereocenters. The summed E-state index contributed by atoms with van der Waals surface area (Å²) in [5.41, 5.74) is 1.86. The van der Waals surface area contributed by atoms with Crippen LogP contribution in [0.4, 0.5) is 0 Å². The van der Waals surface area contributed by atoms with E-state index < -0.39 is 6.10 Å². The summed E-state index contributed by atoms with van der Waals surface area (Å²) in [6.07, 6.45) is 8.78. The maximum atomic E-state index is 9.89. The van der Waals surface area contributed by atoms with Crippen LogP contribution in [0, 0.1) is 0 Å². The molecule has 1 aromatic rings. The van der Waals surface area contributed by atoms with Gasteiger partial charge in [0.15, 0.2) is 0 Å². The number of nitrogens with zero attached hydrogens (tertiary/aromatic N) is 2. The van der Waals surface area contributed by atoms with Crippen molar-refractivity contribution in [3.63, 3.8) is 0 Å². The van der Waals surface area contributed by atoms with E-state index in [1.807, 2.05) is 6.20 Å². The molecule has 3 N–H and O–H groups in total. The van der Waals surface area contributed by atoms with Gasteiger partial charge in [-0.3, -0.25) is 9.97 Å². The van der Waals surface area contributed by atoms with Crippen molar-refractivity contribution in [2.45, 2.75) is 64.5 Å². The summed E-state index contributed by atoms with van der Waals surface area (Å²) in [5.74, 6) is 0. The summed E-state index contributed by atoms with van der Waals surface area (Å²) >= 11 is 0. The Hall–Kier alpha value is -1.04. The molecule has 0 fully saturated rings. The van der Waals surface area contributed by atoms with Crippen LogP contribution in [-0.2, 0) is 12.8 Å². The molecule has 0 spiro atoms. The zero-order valence-corrected chi connectivity index (χ0v) is 13.3. The van der Waals surface area contributed by atoms with Crippen LogP contribution in [0.15, 0.2) is 12.4 Å². The Kier molecular flexibility index (Phi) is 9.14. The number of unbranched alkanes of at least 4 members (excludes halogenated alkanes) is 2. The van der Waals surface area contributed by atoms with Crippen molar-refractivity contribution in [2.75, 3.05) is 13.2 Å². The Morgan fingerprint density at radius 3 is 2.33 bits per heavy atom. The Balaban J connectivity index is 2.56. The second kappa shape index (κ2) is 10.7. The number of hydrogen-bond donors (Lipinski definition) is 3. The SMILES string of the molecule is CCCCN[C@@H](Cc1cnc(CCCC)cn1)[C@H](O)CO. The molecule has 0 radical (unpaired) electrons. The van der Waals surface area contributed by atoms with Gasteiger partial charge < -0.3 is 15.5 Å². The first-order valence-electron chi connectivity index (χ1n) is 8.03. The molecular formula is C16H29N3O2. The first-order valence-corrected chi connectivity index (χ1v) is 8.03. The van der Waals surface area contributed by atoms with Crippen LogP contribution in [0.25, 0.3) is 0 Å². The highest BCUT2D eigenvalue weighted by atomic mass is 16.3. The molecule has 1 heterocycles. The van der Waals surface area contributed by atoms with E-state index in [1.165, 1.54) is 0 Å². The Morgan fingerprint density at radius 2 is 1.76 bits per heavy atom. The number of hydrogen-bond acceptors (Lipinski definition) is 5. The standard InChI is InChI=1S/C16H29N3O2/c1-3-5-7-13-10-19-14(11-18-13)9-15(16(21)12-20)17-8-6-4-2/h10-11,15-17,20-21H,3-9,12H2,1-2H3/t15-,16+/m0/s1. The third-order valence-corrected chi connectivity index (χ3v) is 3.56. The maximum absolute atomic E-state index is 9.89. The summed E-state index contributed by atoms with van der Waals surface area (Å²) in [7, 11) is 0. The van der Waals surface area contributed by atoms with E-state index in [4.69, 9.17) is 5.11 Å². The van der Waals surface area contributed by atoms with Gasteiger partial charge in [-0.15, -0.1) is 0 Å². The highest BCUT2D eigenvalue weighted by Gasteiger charge is 2.18. The van der Waals surface area contributed by atoms with Gasteiger partial charge in [-0.1, -0.05) is 26.7 Å². The number of aliphatic hydroxyl groups is 2. The summed E-state index contributed by atoms with van der Waals surface area (Å²) in [4.78, 5) is 8.84. The normalized spacial score (nSPS) is 14.1. The van der Waals surface area contributed by atoms with Gasteiger partial charge in [0.1, 0.15) is 0 Å². The molecule has 1 rings (SSSR count). The van der Waals surface area contributed by atoms with Gasteiger partial charge in [0.2, 0.25) is 0 Å². The lowest BCUT2D eigenvalue weighted by Gasteiger charge is -2.22. The number of rotatable bonds is 11. The Bertz CT molecular complexity index is 370. The van der Waals surface area contributed by atoms with Crippen molar-refractivity contribution in [3.8, 4) is 0 Å². The molecule has 0 saturated carbocycles. The third-order valence-electron chi connectivity index (χ3n) is 3.56. The van der Waals surface area contributed by atoms with Crippen LogP contribution in [0.2, 0.25) is 0 Å². The van der Waals surface area contributed by atoms with Crippen molar-refractivity contribution >= 4 is 0 Å². The van der Waals surface area contributed by atoms with E-state index in [1.54, 1.807) is 6.20 Å². The minimum absolute atomic E-state index is 0.183. The molecule has 5 heteroatoms. The molecule has 21 heavy (non-hydrogen) atoms. The molecule has 0 amide bonds. The van der Waals surface area contributed by atoms with Crippen molar-refractivity contribution in [1.29, 1.82) is 0 Å². The molecule has 0 aliphatic carbocycles. The van der Waals surface area contributed by atoms with Gasteiger partial charge in [-0.25, -0.2) is 0 Å². The average molecular weight is 295 g/mol. The van der Waals surface area contributed by atoms with E-state index in [-0.39, 0.29) is 12.6 Å². The zero-order valence-electron chi connectivity index (χ0n) is 13.3. The monoisotopic (exact) mass is 295 g/mol. The second-order valence-electron chi connectivity index (χ2n) is 5.47. The number of nitrogens with one attached hydrogen (secondary N) is 1. The lowest BCUT2D eigenvalue weighted by molar-refractivity contribution is 0.0624. The average Bonchev–Trinajstić information content (AvgIpc) is 2.52. The van der Waals surface area contributed by atoms with E-state index in [0.29, 0.717) is 6.42 Å². The van der Waals surface area contributed by atoms with Crippen molar-refractivity contribution in [1.82, 2.24) is 15.3 Å². The second-order valence-corrected chi connectivity index (χ2v) is 5.47. The fourth-order valence-electron chi connectivity index (χ4n) is 2.13. The van der Waals surface area contributed by atoms with Gasteiger partial charge in [-0.2, -0.15) is 0 Å². The molecule has 0 aliphatic heterocycles. The van der Waals surface area contributed by atoms with Crippen molar-refractivity contribution < 1.29 is 10.2 Å². The molecule has 0 bridgehead atoms. The van der Waals surface area contributed by atoms with Gasteiger partial charge in [0.05, 0.1) is 24.1 Å². The fraction of sp³-hybridized carbons (Fsp3) is 0.750. The predicted molar refractivity (Wildman–Crippen MR) is 84.1 cm³/mol. The summed E-state index contributed by atoms with van der Waals surface area (Å²) in [6.45, 7) is 4.87. The molecule has 1 aromatic heterocycles. The molecule has 0 aliphatic rings. The first-order chi connectivity index (χ1) is 10.2. The van der Waals surface area contributed by atoms with Crippen LogP contribution in [-0.4, -0.2) is 45.5 Å². The zero-order chi connectivity index (χ0) is 15.5. The molecular weight excluding hydrogens is 266 g/mol. The Labute approximate surface area is 127 Å². The molecule has 0 aromatic carbocycles. The van der Waals surface area contributed by atoms with Gasteiger partial charge in [-0.05, 0) is 25.8 Å². The molecule has 0 unspecified atom stereocenters. The van der Waals surface area contributed by atoms with Crippen molar-refractivity contribution in [3.05, 3.63) is 23.8 Å². The lowest BCUT2D eigenvalue weighted by Crippen LogP contribution is -2.44. The minimum Gasteiger partial charge on any atom is -0.394 e. The summed E-state index contributed by atoms with van der Waals surface area (Å²) in [6, 6.07) is -0.183. The van der Waals surface area contributed by atoms with E-state index in [2.05, 4.69) is 29.1 Å². The first kappa shape index (κ1) is 18.0. The number of aromatic nitrogens is 2. The van der Waals surface area contributed by atoms with Crippen LogP contribution in [0.3, 0.4) is 0 Å². The van der Waals surface area contributed by atoms with Gasteiger partial charge in [0, 0.05) is 24.9 Å². The van der Waals surface area contributed by atoms with Crippen molar-refractivity contribution in [2.24, 2.45) is 0 Å². The summed E-state index contributed by atoms with van der Waals surface area (Å²) in [5, 5.41) is 22.3. The lowest BCUT2D eigenvalue weighted by atomic mass is 10.1. The van der Waals surface area contributed by atoms with E-state index in [0.717, 1.165) is 50.0 Å². The summed E-state index contributed by atoms with van der Waals surface area (Å²) < 4.78 is 0. The van der Waals surface area contributed by atoms with Crippen LogP contribution >= 0.6 is 0 Å². The largest absolute Gasteiger partial charge is 0.394 e.